The number of carbonyl (C=O) groups is 3. The normalized spacial score (nSPS) is 16.1. The summed E-state index contributed by atoms with van der Waals surface area (Å²) in [5, 5.41) is 2.51. The zero-order chi connectivity index (χ0) is 21.5. The standard InChI is InChI=1S/C23H25FN2O4/c1-2-30-21(27)14-25-23(29)26-12-6-9-18(15-26)22(28)17-10-11-19(20(24)13-17)16-7-4-3-5-8-16/h3-5,7-8,10-11,13,18H,2,6,9,12,14-15H2,1H3,(H,25,29). The Bertz CT molecular complexity index is 917. The highest BCUT2D eigenvalue weighted by Crippen LogP contribution is 2.26. The van der Waals surface area contributed by atoms with Crippen molar-refractivity contribution in [3.05, 3.63) is 59.9 Å². The first-order valence-electron chi connectivity index (χ1n) is 10.1. The van der Waals surface area contributed by atoms with E-state index in [0.29, 0.717) is 30.5 Å². The van der Waals surface area contributed by atoms with E-state index in [1.807, 2.05) is 30.3 Å². The fourth-order valence-corrected chi connectivity index (χ4v) is 3.60. The van der Waals surface area contributed by atoms with E-state index in [-0.39, 0.29) is 25.5 Å². The van der Waals surface area contributed by atoms with Crippen molar-refractivity contribution in [2.75, 3.05) is 26.2 Å². The highest BCUT2D eigenvalue weighted by Gasteiger charge is 2.29. The number of ether oxygens (including phenoxy) is 1. The summed E-state index contributed by atoms with van der Waals surface area (Å²) in [6, 6.07) is 13.3. The number of nitrogens with zero attached hydrogens (tertiary/aromatic N) is 1. The van der Waals surface area contributed by atoms with E-state index in [1.54, 1.807) is 19.1 Å². The minimum atomic E-state index is -0.510. The fourth-order valence-electron chi connectivity index (χ4n) is 3.60. The number of carbonyl (C=O) groups excluding carboxylic acids is 3. The minimum absolute atomic E-state index is 0.184. The van der Waals surface area contributed by atoms with Gasteiger partial charge in [0.2, 0.25) is 0 Å². The van der Waals surface area contributed by atoms with E-state index >= 15 is 0 Å². The molecule has 1 atom stereocenters. The molecule has 1 aliphatic rings. The summed E-state index contributed by atoms with van der Waals surface area (Å²) in [6.07, 6.45) is 1.29. The number of urea groups is 1. The van der Waals surface area contributed by atoms with Crippen molar-refractivity contribution in [2.45, 2.75) is 19.8 Å². The van der Waals surface area contributed by atoms with Crippen LogP contribution in [0.15, 0.2) is 48.5 Å². The molecule has 7 heteroatoms. The van der Waals surface area contributed by atoms with Gasteiger partial charge in [-0.2, -0.15) is 0 Å². The molecule has 0 radical (unpaired) electrons. The molecule has 158 valence electrons. The summed E-state index contributed by atoms with van der Waals surface area (Å²) in [5.74, 6) is -1.55. The third-order valence-corrected chi connectivity index (χ3v) is 5.11. The van der Waals surface area contributed by atoms with Gasteiger partial charge in [0.1, 0.15) is 12.4 Å². The maximum atomic E-state index is 14.6. The van der Waals surface area contributed by atoms with Crippen LogP contribution in [0.1, 0.15) is 30.1 Å². The second kappa shape index (κ2) is 10.0. The van der Waals surface area contributed by atoms with Crippen molar-refractivity contribution in [2.24, 2.45) is 5.92 Å². The Kier molecular flexibility index (Phi) is 7.17. The summed E-state index contributed by atoms with van der Waals surface area (Å²) in [4.78, 5) is 38.1. The van der Waals surface area contributed by atoms with Gasteiger partial charge in [-0.1, -0.05) is 42.5 Å². The number of hydrogen-bond acceptors (Lipinski definition) is 4. The zero-order valence-electron chi connectivity index (χ0n) is 16.9. The molecule has 0 bridgehead atoms. The number of rotatable bonds is 6. The van der Waals surface area contributed by atoms with Gasteiger partial charge in [-0.25, -0.2) is 9.18 Å². The fraction of sp³-hybridized carbons (Fsp3) is 0.348. The van der Waals surface area contributed by atoms with E-state index in [2.05, 4.69) is 5.32 Å². The average molecular weight is 412 g/mol. The molecule has 2 amide bonds. The monoisotopic (exact) mass is 412 g/mol. The molecule has 1 fully saturated rings. The van der Waals surface area contributed by atoms with Gasteiger partial charge < -0.3 is 15.0 Å². The van der Waals surface area contributed by atoms with Crippen LogP contribution in [0, 0.1) is 11.7 Å². The number of amides is 2. The topological polar surface area (TPSA) is 75.7 Å². The molecule has 2 aromatic rings. The molecular weight excluding hydrogens is 387 g/mol. The SMILES string of the molecule is CCOC(=O)CNC(=O)N1CCCC(C(=O)c2ccc(-c3ccccc3)c(F)c2)C1. The Hall–Kier alpha value is -3.22. The van der Waals surface area contributed by atoms with Gasteiger partial charge in [-0.05, 0) is 31.4 Å². The number of Topliss-reactive ketones (excluding diaryl/α,β-unsaturated/α-hetero) is 1. The van der Waals surface area contributed by atoms with Crippen LogP contribution in [-0.4, -0.2) is 48.9 Å². The summed E-state index contributed by atoms with van der Waals surface area (Å²) < 4.78 is 19.4. The smallest absolute Gasteiger partial charge is 0.325 e. The lowest BCUT2D eigenvalue weighted by Crippen LogP contribution is -2.48. The van der Waals surface area contributed by atoms with Gasteiger partial charge in [0, 0.05) is 30.1 Å². The molecule has 6 nitrogen and oxygen atoms in total. The largest absolute Gasteiger partial charge is 0.465 e. The molecule has 0 saturated carbocycles. The number of nitrogens with one attached hydrogen (secondary N) is 1. The van der Waals surface area contributed by atoms with Crippen molar-refractivity contribution in [1.29, 1.82) is 0 Å². The first-order valence-corrected chi connectivity index (χ1v) is 10.1. The minimum Gasteiger partial charge on any atom is -0.465 e. The Morgan fingerprint density at radius 3 is 2.63 bits per heavy atom. The maximum Gasteiger partial charge on any atom is 0.325 e. The van der Waals surface area contributed by atoms with Crippen LogP contribution in [0.5, 0.6) is 0 Å². The average Bonchev–Trinajstić information content (AvgIpc) is 2.77. The van der Waals surface area contributed by atoms with E-state index < -0.39 is 23.7 Å². The van der Waals surface area contributed by atoms with Gasteiger partial charge >= 0.3 is 12.0 Å². The molecular formula is C23H25FN2O4. The van der Waals surface area contributed by atoms with Crippen molar-refractivity contribution in [1.82, 2.24) is 10.2 Å². The molecule has 1 aliphatic heterocycles. The van der Waals surface area contributed by atoms with E-state index in [1.165, 1.54) is 11.0 Å². The number of hydrogen-bond donors (Lipinski definition) is 1. The van der Waals surface area contributed by atoms with E-state index in [4.69, 9.17) is 4.74 Å². The van der Waals surface area contributed by atoms with Crippen molar-refractivity contribution in [3.8, 4) is 11.1 Å². The number of piperidine rings is 1. The number of esters is 1. The number of benzene rings is 2. The third-order valence-electron chi connectivity index (χ3n) is 5.11. The molecule has 1 N–H and O–H groups in total. The summed E-state index contributed by atoms with van der Waals surface area (Å²) in [7, 11) is 0. The van der Waals surface area contributed by atoms with Crippen LogP contribution in [0.3, 0.4) is 0 Å². The van der Waals surface area contributed by atoms with E-state index in [0.717, 1.165) is 5.56 Å². The summed E-state index contributed by atoms with van der Waals surface area (Å²) in [6.45, 7) is 2.45. The highest BCUT2D eigenvalue weighted by molar-refractivity contribution is 5.98. The molecule has 0 aliphatic carbocycles. The summed E-state index contributed by atoms with van der Waals surface area (Å²) >= 11 is 0. The molecule has 30 heavy (non-hydrogen) atoms. The molecule has 1 saturated heterocycles. The van der Waals surface area contributed by atoms with Crippen molar-refractivity contribution < 1.29 is 23.5 Å². The van der Waals surface area contributed by atoms with E-state index in [9.17, 15) is 18.8 Å². The van der Waals surface area contributed by atoms with Crippen LogP contribution in [0.4, 0.5) is 9.18 Å². The van der Waals surface area contributed by atoms with Gasteiger partial charge in [-0.3, -0.25) is 9.59 Å². The third kappa shape index (κ3) is 5.23. The van der Waals surface area contributed by atoms with Crippen LogP contribution >= 0.6 is 0 Å². The lowest BCUT2D eigenvalue weighted by molar-refractivity contribution is -0.141. The number of ketones is 1. The predicted octanol–water partition coefficient (Wildman–Crippen LogP) is 3.66. The van der Waals surface area contributed by atoms with Crippen LogP contribution in [-0.2, 0) is 9.53 Å². The Morgan fingerprint density at radius 2 is 1.93 bits per heavy atom. The first-order chi connectivity index (χ1) is 14.5. The lowest BCUT2D eigenvalue weighted by Gasteiger charge is -2.32. The van der Waals surface area contributed by atoms with Crippen LogP contribution in [0.2, 0.25) is 0 Å². The van der Waals surface area contributed by atoms with Gasteiger partial charge in [0.25, 0.3) is 0 Å². The number of likely N-dealkylation sites (tertiary alicyclic amines) is 1. The molecule has 1 unspecified atom stereocenters. The quantitative estimate of drug-likeness (QED) is 0.580. The Labute approximate surface area is 175 Å². The predicted molar refractivity (Wildman–Crippen MR) is 110 cm³/mol. The van der Waals surface area contributed by atoms with Crippen molar-refractivity contribution >= 4 is 17.8 Å². The maximum absolute atomic E-state index is 14.6. The van der Waals surface area contributed by atoms with Gasteiger partial charge in [0.05, 0.1) is 6.61 Å². The molecule has 1 heterocycles. The first kappa shape index (κ1) is 21.5. The summed E-state index contributed by atoms with van der Waals surface area (Å²) in [5.41, 5.74) is 1.48. The molecule has 0 spiro atoms. The zero-order valence-corrected chi connectivity index (χ0v) is 16.9. The number of halogens is 1. The highest BCUT2D eigenvalue weighted by atomic mass is 19.1. The molecule has 0 aromatic heterocycles. The lowest BCUT2D eigenvalue weighted by atomic mass is 9.89. The van der Waals surface area contributed by atoms with Gasteiger partial charge in [0.15, 0.2) is 5.78 Å². The van der Waals surface area contributed by atoms with Crippen LogP contribution < -0.4 is 5.32 Å². The second-order valence-electron chi connectivity index (χ2n) is 7.17. The van der Waals surface area contributed by atoms with Gasteiger partial charge in [-0.15, -0.1) is 0 Å². The second-order valence-corrected chi connectivity index (χ2v) is 7.17. The molecule has 3 rings (SSSR count). The van der Waals surface area contributed by atoms with Crippen molar-refractivity contribution in [3.63, 3.8) is 0 Å². The Morgan fingerprint density at radius 1 is 1.17 bits per heavy atom. The Balaban J connectivity index is 1.64. The van der Waals surface area contributed by atoms with Crippen LogP contribution in [0.25, 0.3) is 11.1 Å². The molecule has 2 aromatic carbocycles.